The highest BCUT2D eigenvalue weighted by molar-refractivity contribution is 5.93. The summed E-state index contributed by atoms with van der Waals surface area (Å²) in [7, 11) is 0. The first-order valence-electron chi connectivity index (χ1n) is 6.89. The molecule has 1 saturated heterocycles. The van der Waals surface area contributed by atoms with Gasteiger partial charge >= 0.3 is 0 Å². The summed E-state index contributed by atoms with van der Waals surface area (Å²) >= 11 is 0. The van der Waals surface area contributed by atoms with Crippen LogP contribution in [0.1, 0.15) is 10.4 Å². The van der Waals surface area contributed by atoms with Gasteiger partial charge in [0, 0.05) is 38.6 Å². The first-order valence-corrected chi connectivity index (χ1v) is 6.89. The van der Waals surface area contributed by atoms with Crippen LogP contribution in [0.4, 0.5) is 11.4 Å². The lowest BCUT2D eigenvalue weighted by molar-refractivity contribution is 0.0746. The van der Waals surface area contributed by atoms with Gasteiger partial charge in [0.25, 0.3) is 5.91 Å². The largest absolute Gasteiger partial charge is 0.397 e. The maximum absolute atomic E-state index is 12.3. The molecule has 1 fully saturated rings. The van der Waals surface area contributed by atoms with Gasteiger partial charge in [-0.2, -0.15) is 0 Å². The Morgan fingerprint density at radius 3 is 2.38 bits per heavy atom. The minimum atomic E-state index is -0.0173. The molecule has 1 aromatic heterocycles. The Balaban J connectivity index is 1.66. The van der Waals surface area contributed by atoms with E-state index in [1.54, 1.807) is 12.4 Å². The average molecular weight is 283 g/mol. The number of para-hydroxylation sites is 2. The molecular formula is C15H17N5O. The fourth-order valence-corrected chi connectivity index (χ4v) is 2.52. The summed E-state index contributed by atoms with van der Waals surface area (Å²) in [6.07, 6.45) is 4.53. The van der Waals surface area contributed by atoms with Crippen LogP contribution < -0.4 is 10.6 Å². The van der Waals surface area contributed by atoms with Crippen LogP contribution >= 0.6 is 0 Å². The third-order valence-corrected chi connectivity index (χ3v) is 3.65. The van der Waals surface area contributed by atoms with Crippen LogP contribution in [-0.2, 0) is 0 Å². The average Bonchev–Trinajstić information content (AvgIpc) is 2.56. The first-order chi connectivity index (χ1) is 10.3. The van der Waals surface area contributed by atoms with E-state index in [0.29, 0.717) is 18.7 Å². The Hall–Kier alpha value is -2.63. The summed E-state index contributed by atoms with van der Waals surface area (Å²) in [6, 6.07) is 7.81. The number of benzene rings is 1. The molecule has 1 amide bonds. The molecule has 0 unspecified atom stereocenters. The van der Waals surface area contributed by atoms with E-state index in [0.717, 1.165) is 24.5 Å². The molecule has 2 heterocycles. The van der Waals surface area contributed by atoms with E-state index in [1.165, 1.54) is 6.33 Å². The maximum atomic E-state index is 12.3. The first kappa shape index (κ1) is 13.4. The van der Waals surface area contributed by atoms with Crippen molar-refractivity contribution in [2.45, 2.75) is 0 Å². The van der Waals surface area contributed by atoms with Crippen molar-refractivity contribution in [1.82, 2.24) is 14.9 Å². The molecule has 0 aliphatic carbocycles. The number of rotatable bonds is 2. The predicted molar refractivity (Wildman–Crippen MR) is 81.0 cm³/mol. The molecule has 21 heavy (non-hydrogen) atoms. The van der Waals surface area contributed by atoms with Gasteiger partial charge < -0.3 is 15.5 Å². The standard InChI is InChI=1S/C15H17N5O/c16-13-3-1-2-4-14(13)19-5-7-20(8-6-19)15(21)12-9-17-11-18-10-12/h1-4,9-11H,5-8,16H2. The number of piperazine rings is 1. The van der Waals surface area contributed by atoms with Crippen molar-refractivity contribution < 1.29 is 4.79 Å². The van der Waals surface area contributed by atoms with E-state index in [4.69, 9.17) is 5.73 Å². The van der Waals surface area contributed by atoms with Crippen molar-refractivity contribution in [2.24, 2.45) is 0 Å². The minimum Gasteiger partial charge on any atom is -0.397 e. The number of aromatic nitrogens is 2. The van der Waals surface area contributed by atoms with E-state index < -0.39 is 0 Å². The van der Waals surface area contributed by atoms with Crippen molar-refractivity contribution in [2.75, 3.05) is 36.8 Å². The van der Waals surface area contributed by atoms with Crippen molar-refractivity contribution in [3.63, 3.8) is 0 Å². The number of carbonyl (C=O) groups excluding carboxylic acids is 1. The molecule has 0 atom stereocenters. The Bertz CT molecular complexity index is 623. The number of nitrogens with zero attached hydrogens (tertiary/aromatic N) is 4. The summed E-state index contributed by atoms with van der Waals surface area (Å²) < 4.78 is 0. The monoisotopic (exact) mass is 283 g/mol. The summed E-state index contributed by atoms with van der Waals surface area (Å²) in [4.78, 5) is 24.1. The molecule has 0 bridgehead atoms. The molecule has 3 rings (SSSR count). The van der Waals surface area contributed by atoms with Crippen molar-refractivity contribution in [3.05, 3.63) is 48.5 Å². The van der Waals surface area contributed by atoms with E-state index in [2.05, 4.69) is 14.9 Å². The summed E-state index contributed by atoms with van der Waals surface area (Å²) in [6.45, 7) is 2.88. The zero-order valence-electron chi connectivity index (χ0n) is 11.6. The number of nitrogens with two attached hydrogens (primary N) is 1. The zero-order chi connectivity index (χ0) is 14.7. The lowest BCUT2D eigenvalue weighted by Gasteiger charge is -2.36. The quantitative estimate of drug-likeness (QED) is 0.833. The summed E-state index contributed by atoms with van der Waals surface area (Å²) in [5, 5.41) is 0. The molecular weight excluding hydrogens is 266 g/mol. The Morgan fingerprint density at radius 1 is 1.05 bits per heavy atom. The zero-order valence-corrected chi connectivity index (χ0v) is 11.6. The van der Waals surface area contributed by atoms with Gasteiger partial charge in [-0.05, 0) is 12.1 Å². The fourth-order valence-electron chi connectivity index (χ4n) is 2.52. The molecule has 0 saturated carbocycles. The minimum absolute atomic E-state index is 0.0173. The van der Waals surface area contributed by atoms with Gasteiger partial charge in [0.2, 0.25) is 0 Å². The molecule has 1 aliphatic heterocycles. The highest BCUT2D eigenvalue weighted by atomic mass is 16.2. The predicted octanol–water partition coefficient (Wildman–Crippen LogP) is 1.02. The fraction of sp³-hybridized carbons (Fsp3) is 0.267. The highest BCUT2D eigenvalue weighted by Gasteiger charge is 2.23. The van der Waals surface area contributed by atoms with Crippen LogP contribution in [0.15, 0.2) is 43.0 Å². The number of anilines is 2. The van der Waals surface area contributed by atoms with E-state index in [9.17, 15) is 4.79 Å². The molecule has 1 aromatic carbocycles. The maximum Gasteiger partial charge on any atom is 0.257 e. The van der Waals surface area contributed by atoms with E-state index in [-0.39, 0.29) is 5.91 Å². The lowest BCUT2D eigenvalue weighted by atomic mass is 10.2. The van der Waals surface area contributed by atoms with Crippen molar-refractivity contribution >= 4 is 17.3 Å². The van der Waals surface area contributed by atoms with Gasteiger partial charge in [-0.1, -0.05) is 12.1 Å². The second-order valence-corrected chi connectivity index (χ2v) is 4.97. The Labute approximate surface area is 123 Å². The number of amides is 1. The van der Waals surface area contributed by atoms with E-state index in [1.807, 2.05) is 29.2 Å². The second-order valence-electron chi connectivity index (χ2n) is 4.97. The van der Waals surface area contributed by atoms with Crippen molar-refractivity contribution in [1.29, 1.82) is 0 Å². The van der Waals surface area contributed by atoms with Gasteiger partial charge in [0.05, 0.1) is 16.9 Å². The second kappa shape index (κ2) is 5.78. The van der Waals surface area contributed by atoms with Gasteiger partial charge in [-0.15, -0.1) is 0 Å². The van der Waals surface area contributed by atoms with Crippen LogP contribution in [0.5, 0.6) is 0 Å². The Kier molecular flexibility index (Phi) is 3.68. The molecule has 108 valence electrons. The van der Waals surface area contributed by atoms with Gasteiger partial charge in [0.15, 0.2) is 0 Å². The third-order valence-electron chi connectivity index (χ3n) is 3.65. The summed E-state index contributed by atoms with van der Waals surface area (Å²) in [5.41, 5.74) is 8.34. The molecule has 2 N–H and O–H groups in total. The number of carbonyl (C=O) groups is 1. The van der Waals surface area contributed by atoms with Crippen molar-refractivity contribution in [3.8, 4) is 0 Å². The van der Waals surface area contributed by atoms with E-state index >= 15 is 0 Å². The van der Waals surface area contributed by atoms with Crippen LogP contribution in [-0.4, -0.2) is 47.0 Å². The molecule has 6 heteroatoms. The van der Waals surface area contributed by atoms with Crippen LogP contribution in [0.2, 0.25) is 0 Å². The smallest absolute Gasteiger partial charge is 0.257 e. The van der Waals surface area contributed by atoms with Gasteiger partial charge in [-0.3, -0.25) is 4.79 Å². The number of hydrogen-bond acceptors (Lipinski definition) is 5. The molecule has 2 aromatic rings. The van der Waals surface area contributed by atoms with Crippen LogP contribution in [0.25, 0.3) is 0 Å². The van der Waals surface area contributed by atoms with Crippen LogP contribution in [0, 0.1) is 0 Å². The lowest BCUT2D eigenvalue weighted by Crippen LogP contribution is -2.49. The summed E-state index contributed by atoms with van der Waals surface area (Å²) in [5.74, 6) is -0.0173. The number of hydrogen-bond donors (Lipinski definition) is 1. The van der Waals surface area contributed by atoms with Crippen LogP contribution in [0.3, 0.4) is 0 Å². The molecule has 0 spiro atoms. The van der Waals surface area contributed by atoms with Gasteiger partial charge in [0.1, 0.15) is 6.33 Å². The molecule has 6 nitrogen and oxygen atoms in total. The van der Waals surface area contributed by atoms with Gasteiger partial charge in [-0.25, -0.2) is 9.97 Å². The SMILES string of the molecule is Nc1ccccc1N1CCN(C(=O)c2cncnc2)CC1. The number of nitrogen functional groups attached to an aromatic ring is 1. The Morgan fingerprint density at radius 2 is 1.71 bits per heavy atom. The highest BCUT2D eigenvalue weighted by Crippen LogP contribution is 2.23. The molecule has 1 aliphatic rings. The molecule has 0 radical (unpaired) electrons. The normalized spacial score (nSPS) is 15.0. The topological polar surface area (TPSA) is 75.3 Å². The third kappa shape index (κ3) is 2.79.